The van der Waals surface area contributed by atoms with E-state index in [9.17, 15) is 9.59 Å². The normalized spacial score (nSPS) is 20.7. The summed E-state index contributed by atoms with van der Waals surface area (Å²) < 4.78 is 10.8. The van der Waals surface area contributed by atoms with Crippen molar-refractivity contribution in [3.8, 4) is 11.5 Å². The number of rotatable bonds is 3. The lowest BCUT2D eigenvalue weighted by Crippen LogP contribution is -2.55. The van der Waals surface area contributed by atoms with Crippen LogP contribution in [0.2, 0.25) is 0 Å². The van der Waals surface area contributed by atoms with Gasteiger partial charge in [0.25, 0.3) is 11.8 Å². The van der Waals surface area contributed by atoms with Crippen molar-refractivity contribution in [2.45, 2.75) is 11.8 Å². The fourth-order valence-electron chi connectivity index (χ4n) is 3.36. The number of thioether (sulfide) groups is 1. The number of methoxy groups -OCH3 is 2. The van der Waals surface area contributed by atoms with Crippen molar-refractivity contribution in [2.24, 2.45) is 5.10 Å². The number of benzene rings is 2. The molecule has 1 spiro atoms. The molecule has 2 aromatic rings. The summed E-state index contributed by atoms with van der Waals surface area (Å²) in [5.41, 5.74) is 5.82. The Kier molecular flexibility index (Phi) is 4.30. The van der Waals surface area contributed by atoms with Gasteiger partial charge in [-0.15, -0.1) is 0 Å². The van der Waals surface area contributed by atoms with Crippen LogP contribution < -0.4 is 14.9 Å². The van der Waals surface area contributed by atoms with Crippen LogP contribution in [-0.4, -0.2) is 43.0 Å². The van der Waals surface area contributed by atoms with Crippen molar-refractivity contribution >= 4 is 28.6 Å². The topological polar surface area (TPSA) is 80.2 Å². The molecule has 0 radical (unpaired) electrons. The molecule has 2 aliphatic rings. The number of fused-ring (bicyclic) bond motifs is 2. The number of hydrogen-bond donors (Lipinski definition) is 1. The smallest absolute Gasteiger partial charge is 0.272 e. The third kappa shape index (κ3) is 2.56. The van der Waals surface area contributed by atoms with Gasteiger partial charge in [0.15, 0.2) is 0 Å². The minimum Gasteiger partial charge on any atom is -0.497 e. The first-order chi connectivity index (χ1) is 13.4. The molecule has 1 N–H and O–H groups in total. The summed E-state index contributed by atoms with van der Waals surface area (Å²) in [6, 6.07) is 11.2. The second-order valence-electron chi connectivity index (χ2n) is 6.60. The predicted octanol–water partition coefficient (Wildman–Crippen LogP) is 2.48. The molecule has 2 aliphatic heterocycles. The number of carbonyl (C=O) groups excluding carboxylic acids is 2. The summed E-state index contributed by atoms with van der Waals surface area (Å²) in [7, 11) is 4.48. The van der Waals surface area contributed by atoms with E-state index in [0.29, 0.717) is 27.7 Å². The van der Waals surface area contributed by atoms with Gasteiger partial charge < -0.3 is 9.47 Å². The molecule has 0 saturated heterocycles. The molecule has 28 heavy (non-hydrogen) atoms. The minimum atomic E-state index is -1.28. The first kappa shape index (κ1) is 18.4. The zero-order valence-electron chi connectivity index (χ0n) is 15.9. The summed E-state index contributed by atoms with van der Waals surface area (Å²) in [5, 5.41) is 5.09. The molecule has 0 fully saturated rings. The van der Waals surface area contributed by atoms with Crippen LogP contribution in [0.25, 0.3) is 0 Å². The summed E-state index contributed by atoms with van der Waals surface area (Å²) in [6.07, 6.45) is 0. The van der Waals surface area contributed by atoms with Crippen LogP contribution in [0.15, 0.2) is 41.5 Å². The van der Waals surface area contributed by atoms with Crippen LogP contribution in [0.3, 0.4) is 0 Å². The zero-order valence-corrected chi connectivity index (χ0v) is 16.7. The molecular weight excluding hydrogens is 378 g/mol. The Balaban J connectivity index is 1.87. The summed E-state index contributed by atoms with van der Waals surface area (Å²) in [5.74, 6) is 0.0624. The number of amides is 2. The number of aryl methyl sites for hydroxylation is 1. The lowest BCUT2D eigenvalue weighted by atomic mass is 9.92. The number of hydrazone groups is 1. The maximum absolute atomic E-state index is 13.2. The van der Waals surface area contributed by atoms with Gasteiger partial charge in [-0.1, -0.05) is 41.6 Å². The van der Waals surface area contributed by atoms with Crippen molar-refractivity contribution in [2.75, 3.05) is 21.3 Å². The maximum Gasteiger partial charge on any atom is 0.272 e. The van der Waals surface area contributed by atoms with Crippen molar-refractivity contribution in [3.05, 3.63) is 58.7 Å². The molecule has 2 aromatic carbocycles. The molecule has 144 valence electrons. The highest BCUT2D eigenvalue weighted by Gasteiger charge is 2.56. The van der Waals surface area contributed by atoms with Gasteiger partial charge in [-0.25, -0.2) is 0 Å². The van der Waals surface area contributed by atoms with E-state index in [1.807, 2.05) is 31.2 Å². The van der Waals surface area contributed by atoms with E-state index in [1.54, 1.807) is 12.1 Å². The second kappa shape index (κ2) is 6.56. The average molecular weight is 397 g/mol. The molecule has 8 heteroatoms. The highest BCUT2D eigenvalue weighted by molar-refractivity contribution is 8.16. The molecule has 2 amide bonds. The number of ether oxygens (including phenoxy) is 2. The monoisotopic (exact) mass is 397 g/mol. The highest BCUT2D eigenvalue weighted by atomic mass is 32.2. The molecule has 0 saturated carbocycles. The van der Waals surface area contributed by atoms with Crippen molar-refractivity contribution in [3.63, 3.8) is 0 Å². The second-order valence-corrected chi connectivity index (χ2v) is 7.80. The Hall–Kier alpha value is -3.00. The van der Waals surface area contributed by atoms with E-state index < -0.39 is 16.7 Å². The van der Waals surface area contributed by atoms with Crippen LogP contribution in [0.1, 0.15) is 27.0 Å². The third-order valence-corrected chi connectivity index (χ3v) is 6.18. The SMILES string of the molecule is COc1cc(OC)c2c(c1)C(=O)N(C)C(=O)[C@]21NN=C(c2ccc(C)cc2)S1. The number of carbonyl (C=O) groups is 2. The van der Waals surface area contributed by atoms with Crippen molar-refractivity contribution in [1.82, 2.24) is 10.3 Å². The number of hydrogen-bond acceptors (Lipinski definition) is 7. The average Bonchev–Trinajstić information content (AvgIpc) is 3.16. The number of nitrogens with zero attached hydrogens (tertiary/aromatic N) is 2. The van der Waals surface area contributed by atoms with E-state index in [1.165, 1.54) is 33.0 Å². The molecule has 2 heterocycles. The zero-order chi connectivity index (χ0) is 20.1. The molecule has 0 aromatic heterocycles. The van der Waals surface area contributed by atoms with Crippen molar-refractivity contribution < 1.29 is 19.1 Å². The van der Waals surface area contributed by atoms with E-state index in [-0.39, 0.29) is 0 Å². The maximum atomic E-state index is 13.2. The Bertz CT molecular complexity index is 1020. The van der Waals surface area contributed by atoms with Gasteiger partial charge in [-0.2, -0.15) is 5.10 Å². The Morgan fingerprint density at radius 3 is 2.46 bits per heavy atom. The van der Waals surface area contributed by atoms with E-state index >= 15 is 0 Å². The van der Waals surface area contributed by atoms with Crippen molar-refractivity contribution in [1.29, 1.82) is 0 Å². The minimum absolute atomic E-state index is 0.346. The molecule has 0 aliphatic carbocycles. The summed E-state index contributed by atoms with van der Waals surface area (Å²) >= 11 is 1.27. The highest BCUT2D eigenvalue weighted by Crippen LogP contribution is 2.50. The Morgan fingerprint density at radius 1 is 1.11 bits per heavy atom. The molecule has 1 atom stereocenters. The van der Waals surface area contributed by atoms with Crippen LogP contribution in [0.4, 0.5) is 0 Å². The number of likely N-dealkylation sites (N-methyl/N-ethyl adjacent to an activating group) is 1. The fraction of sp³-hybridized carbons (Fsp3) is 0.250. The summed E-state index contributed by atoms with van der Waals surface area (Å²) in [4.78, 5) is 25.9. The number of nitrogens with one attached hydrogen (secondary N) is 1. The fourth-order valence-corrected chi connectivity index (χ4v) is 4.62. The van der Waals surface area contributed by atoms with Crippen LogP contribution >= 0.6 is 11.8 Å². The first-order valence-electron chi connectivity index (χ1n) is 8.61. The van der Waals surface area contributed by atoms with Crippen LogP contribution in [-0.2, 0) is 9.67 Å². The lowest BCUT2D eigenvalue weighted by Gasteiger charge is -2.37. The van der Waals surface area contributed by atoms with Gasteiger partial charge in [-0.05, 0) is 13.0 Å². The molecule has 4 rings (SSSR count). The summed E-state index contributed by atoms with van der Waals surface area (Å²) in [6.45, 7) is 2.01. The number of imide groups is 1. The van der Waals surface area contributed by atoms with Gasteiger partial charge >= 0.3 is 0 Å². The predicted molar refractivity (Wildman–Crippen MR) is 107 cm³/mol. The largest absolute Gasteiger partial charge is 0.497 e. The first-order valence-corrected chi connectivity index (χ1v) is 9.43. The quantitative estimate of drug-likeness (QED) is 0.802. The molecule has 0 unspecified atom stereocenters. The van der Waals surface area contributed by atoms with E-state index in [4.69, 9.17) is 9.47 Å². The van der Waals surface area contributed by atoms with E-state index in [0.717, 1.165) is 16.0 Å². The van der Waals surface area contributed by atoms with E-state index in [2.05, 4.69) is 10.5 Å². The van der Waals surface area contributed by atoms with Gasteiger partial charge in [0.2, 0.25) is 4.87 Å². The standard InChI is InChI=1S/C20H19N3O4S/c1-11-5-7-12(8-6-11)17-21-22-20(28-17)16-14(18(24)23(2)19(20)25)9-13(26-3)10-15(16)27-4/h5-10,22H,1-4H3/t20-/m0/s1. The molecule has 7 nitrogen and oxygen atoms in total. The Morgan fingerprint density at radius 2 is 1.82 bits per heavy atom. The van der Waals surface area contributed by atoms with Gasteiger partial charge in [-0.3, -0.25) is 19.9 Å². The van der Waals surface area contributed by atoms with Gasteiger partial charge in [0.1, 0.15) is 16.5 Å². The molecular formula is C20H19N3O4S. The Labute approximate surface area is 166 Å². The van der Waals surface area contributed by atoms with Crippen LogP contribution in [0.5, 0.6) is 11.5 Å². The third-order valence-electron chi connectivity index (χ3n) is 4.89. The van der Waals surface area contributed by atoms with Gasteiger partial charge in [0, 0.05) is 18.7 Å². The van der Waals surface area contributed by atoms with Gasteiger partial charge in [0.05, 0.1) is 25.3 Å². The molecule has 0 bridgehead atoms. The lowest BCUT2D eigenvalue weighted by molar-refractivity contribution is -0.131. The van der Waals surface area contributed by atoms with Crippen LogP contribution in [0, 0.1) is 6.92 Å².